The van der Waals surface area contributed by atoms with Crippen LogP contribution in [0.4, 0.5) is 5.69 Å². The summed E-state index contributed by atoms with van der Waals surface area (Å²) in [4.78, 5) is 6.50. The molecule has 0 bridgehead atoms. The van der Waals surface area contributed by atoms with Gasteiger partial charge >= 0.3 is 0 Å². The van der Waals surface area contributed by atoms with Gasteiger partial charge in [-0.2, -0.15) is 4.57 Å². The molecule has 0 amide bonds. The number of benzene rings is 1. The molecular formula is C15H20N3+. The molecule has 0 aliphatic rings. The maximum absolute atomic E-state index is 4.38. The Labute approximate surface area is 109 Å². The molecule has 0 fully saturated rings. The Morgan fingerprint density at radius 2 is 1.89 bits per heavy atom. The van der Waals surface area contributed by atoms with Gasteiger partial charge < -0.3 is 4.90 Å². The summed E-state index contributed by atoms with van der Waals surface area (Å²) in [6, 6.07) is 6.53. The highest BCUT2D eigenvalue weighted by atomic mass is 15.1. The molecule has 0 atom stereocenters. The van der Waals surface area contributed by atoms with E-state index in [9.17, 15) is 0 Å². The number of aryl methyl sites for hydroxylation is 3. The number of anilines is 1. The SMILES string of the molecule is Cc1cc(N(C)C)ccc1-c1c(C)ncc[n+]1C. The third kappa shape index (κ3) is 2.21. The van der Waals surface area contributed by atoms with Gasteiger partial charge in [0, 0.05) is 19.8 Å². The van der Waals surface area contributed by atoms with E-state index < -0.39 is 0 Å². The molecule has 0 radical (unpaired) electrons. The van der Waals surface area contributed by atoms with Gasteiger partial charge in [0.25, 0.3) is 0 Å². The Morgan fingerprint density at radius 3 is 2.44 bits per heavy atom. The smallest absolute Gasteiger partial charge is 0.233 e. The van der Waals surface area contributed by atoms with E-state index in [1.807, 2.05) is 12.4 Å². The zero-order chi connectivity index (χ0) is 13.3. The van der Waals surface area contributed by atoms with Crippen molar-refractivity contribution in [1.82, 2.24) is 4.98 Å². The zero-order valence-corrected chi connectivity index (χ0v) is 11.7. The number of rotatable bonds is 2. The van der Waals surface area contributed by atoms with Crippen LogP contribution in [0.5, 0.6) is 0 Å². The van der Waals surface area contributed by atoms with Crippen molar-refractivity contribution in [2.24, 2.45) is 7.05 Å². The summed E-state index contributed by atoms with van der Waals surface area (Å²) in [6.07, 6.45) is 3.82. The Kier molecular flexibility index (Phi) is 3.32. The van der Waals surface area contributed by atoms with Crippen molar-refractivity contribution in [3.63, 3.8) is 0 Å². The molecule has 1 heterocycles. The van der Waals surface area contributed by atoms with Crippen molar-refractivity contribution < 1.29 is 4.57 Å². The van der Waals surface area contributed by atoms with Crippen LogP contribution in [-0.4, -0.2) is 19.1 Å². The topological polar surface area (TPSA) is 20.0 Å². The zero-order valence-electron chi connectivity index (χ0n) is 11.7. The summed E-state index contributed by atoms with van der Waals surface area (Å²) >= 11 is 0. The van der Waals surface area contributed by atoms with Crippen LogP contribution in [0.15, 0.2) is 30.6 Å². The van der Waals surface area contributed by atoms with Gasteiger partial charge in [-0.1, -0.05) is 0 Å². The summed E-state index contributed by atoms with van der Waals surface area (Å²) in [7, 11) is 6.18. The summed E-state index contributed by atoms with van der Waals surface area (Å²) < 4.78 is 2.12. The second-order valence-corrected chi connectivity index (χ2v) is 4.87. The molecular weight excluding hydrogens is 222 g/mol. The van der Waals surface area contributed by atoms with Gasteiger partial charge in [-0.3, -0.25) is 0 Å². The molecule has 2 aromatic rings. The summed E-state index contributed by atoms with van der Waals surface area (Å²) in [5.74, 6) is 0. The number of hydrogen-bond donors (Lipinski definition) is 0. The van der Waals surface area contributed by atoms with Crippen LogP contribution in [0.3, 0.4) is 0 Å². The molecule has 2 rings (SSSR count). The third-order valence-corrected chi connectivity index (χ3v) is 3.24. The van der Waals surface area contributed by atoms with Gasteiger partial charge in [0.05, 0.1) is 11.8 Å². The predicted molar refractivity (Wildman–Crippen MR) is 74.7 cm³/mol. The highest BCUT2D eigenvalue weighted by molar-refractivity contribution is 5.66. The average molecular weight is 242 g/mol. The van der Waals surface area contributed by atoms with E-state index in [-0.39, 0.29) is 0 Å². The van der Waals surface area contributed by atoms with Crippen molar-refractivity contribution >= 4 is 5.69 Å². The number of aromatic nitrogens is 2. The first-order valence-corrected chi connectivity index (χ1v) is 6.10. The average Bonchev–Trinajstić information content (AvgIpc) is 2.30. The first kappa shape index (κ1) is 12.6. The summed E-state index contributed by atoms with van der Waals surface area (Å²) in [5, 5.41) is 0. The van der Waals surface area contributed by atoms with Crippen molar-refractivity contribution in [2.75, 3.05) is 19.0 Å². The van der Waals surface area contributed by atoms with Crippen LogP contribution in [-0.2, 0) is 7.05 Å². The largest absolute Gasteiger partial charge is 0.378 e. The highest BCUT2D eigenvalue weighted by Crippen LogP contribution is 2.25. The monoisotopic (exact) mass is 242 g/mol. The maximum Gasteiger partial charge on any atom is 0.233 e. The second kappa shape index (κ2) is 4.77. The minimum Gasteiger partial charge on any atom is -0.378 e. The highest BCUT2D eigenvalue weighted by Gasteiger charge is 2.16. The predicted octanol–water partition coefficient (Wildman–Crippen LogP) is 2.26. The molecule has 0 aliphatic heterocycles. The van der Waals surface area contributed by atoms with E-state index >= 15 is 0 Å². The van der Waals surface area contributed by atoms with E-state index in [4.69, 9.17) is 0 Å². The lowest BCUT2D eigenvalue weighted by Crippen LogP contribution is -2.32. The summed E-state index contributed by atoms with van der Waals surface area (Å²) in [6.45, 7) is 4.20. The molecule has 18 heavy (non-hydrogen) atoms. The van der Waals surface area contributed by atoms with Crippen LogP contribution in [0.1, 0.15) is 11.3 Å². The minimum atomic E-state index is 1.06. The summed E-state index contributed by atoms with van der Waals surface area (Å²) in [5.41, 5.74) is 5.98. The van der Waals surface area contributed by atoms with Crippen LogP contribution >= 0.6 is 0 Å². The molecule has 94 valence electrons. The molecule has 0 unspecified atom stereocenters. The first-order chi connectivity index (χ1) is 8.50. The fourth-order valence-corrected chi connectivity index (χ4v) is 2.21. The van der Waals surface area contributed by atoms with Gasteiger partial charge in [0.2, 0.25) is 5.69 Å². The van der Waals surface area contributed by atoms with Crippen molar-refractivity contribution in [3.8, 4) is 11.3 Å². The molecule has 3 heteroatoms. The van der Waals surface area contributed by atoms with Gasteiger partial charge in [-0.25, -0.2) is 4.98 Å². The fourth-order valence-electron chi connectivity index (χ4n) is 2.21. The molecule has 0 aliphatic carbocycles. The normalized spacial score (nSPS) is 10.5. The van der Waals surface area contributed by atoms with Gasteiger partial charge in [0.1, 0.15) is 12.7 Å². The van der Waals surface area contributed by atoms with Gasteiger partial charge in [0.15, 0.2) is 6.20 Å². The number of hydrogen-bond acceptors (Lipinski definition) is 2. The molecule has 0 N–H and O–H groups in total. The number of nitrogens with zero attached hydrogens (tertiary/aromatic N) is 3. The first-order valence-electron chi connectivity index (χ1n) is 6.10. The van der Waals surface area contributed by atoms with E-state index in [1.54, 1.807) is 0 Å². The van der Waals surface area contributed by atoms with E-state index in [0.29, 0.717) is 0 Å². The van der Waals surface area contributed by atoms with Crippen LogP contribution in [0, 0.1) is 13.8 Å². The Bertz CT molecular complexity index is 554. The molecule has 1 aromatic heterocycles. The lowest BCUT2D eigenvalue weighted by atomic mass is 10.0. The quantitative estimate of drug-likeness (QED) is 0.753. The van der Waals surface area contributed by atoms with Crippen molar-refractivity contribution in [2.45, 2.75) is 13.8 Å². The lowest BCUT2D eigenvalue weighted by molar-refractivity contribution is -0.661. The Balaban J connectivity index is 2.59. The molecule has 0 saturated carbocycles. The Morgan fingerprint density at radius 1 is 1.17 bits per heavy atom. The molecule has 3 nitrogen and oxygen atoms in total. The van der Waals surface area contributed by atoms with Gasteiger partial charge in [-0.15, -0.1) is 0 Å². The molecule has 0 saturated heterocycles. The van der Waals surface area contributed by atoms with Crippen LogP contribution < -0.4 is 9.47 Å². The van der Waals surface area contributed by atoms with Crippen LogP contribution in [0.2, 0.25) is 0 Å². The van der Waals surface area contributed by atoms with E-state index in [0.717, 1.165) is 5.69 Å². The Hall–Kier alpha value is -1.90. The fraction of sp³-hybridized carbons (Fsp3) is 0.333. The minimum absolute atomic E-state index is 1.06. The van der Waals surface area contributed by atoms with E-state index in [2.05, 4.69) is 67.6 Å². The molecule has 0 spiro atoms. The third-order valence-electron chi connectivity index (χ3n) is 3.24. The van der Waals surface area contributed by atoms with Crippen molar-refractivity contribution in [3.05, 3.63) is 41.9 Å². The second-order valence-electron chi connectivity index (χ2n) is 4.87. The van der Waals surface area contributed by atoms with E-state index in [1.165, 1.54) is 22.5 Å². The van der Waals surface area contributed by atoms with Crippen molar-refractivity contribution in [1.29, 1.82) is 0 Å². The van der Waals surface area contributed by atoms with Gasteiger partial charge in [-0.05, 0) is 37.6 Å². The van der Waals surface area contributed by atoms with Crippen LogP contribution in [0.25, 0.3) is 11.3 Å². The standard InChI is InChI=1S/C15H20N3/c1-11-10-13(17(3)4)6-7-14(11)15-12(2)16-8-9-18(15)5/h6-10H,1-5H3/q+1. The maximum atomic E-state index is 4.38. The molecule has 1 aromatic carbocycles. The lowest BCUT2D eigenvalue weighted by Gasteiger charge is -2.14.